The van der Waals surface area contributed by atoms with Crippen LogP contribution in [0.4, 0.5) is 10.1 Å². The molecule has 2 fully saturated rings. The second kappa shape index (κ2) is 11.0. The fourth-order valence-electron chi connectivity index (χ4n) is 5.28. The van der Waals surface area contributed by atoms with Crippen LogP contribution in [0.2, 0.25) is 0 Å². The van der Waals surface area contributed by atoms with E-state index in [1.165, 1.54) is 31.4 Å². The Hall–Kier alpha value is -3.50. The summed E-state index contributed by atoms with van der Waals surface area (Å²) in [7, 11) is 0. The number of fused-ring (bicyclic) bond motifs is 1. The van der Waals surface area contributed by atoms with Crippen molar-refractivity contribution in [3.05, 3.63) is 65.0 Å². The van der Waals surface area contributed by atoms with E-state index in [2.05, 4.69) is 16.3 Å². The molecule has 1 N–H and O–H groups in total. The summed E-state index contributed by atoms with van der Waals surface area (Å²) >= 11 is 0. The number of aliphatic imine (C=N–C) groups is 1. The Morgan fingerprint density at radius 2 is 1.81 bits per heavy atom. The third kappa shape index (κ3) is 5.34. The second-order valence-electron chi connectivity index (χ2n) is 9.77. The average Bonchev–Trinajstić information content (AvgIpc) is 2.93. The number of benzene rings is 2. The van der Waals surface area contributed by atoms with Gasteiger partial charge in [-0.05, 0) is 53.6 Å². The molecule has 2 aliphatic heterocycles. The molecule has 0 bridgehead atoms. The van der Waals surface area contributed by atoms with Crippen LogP contribution in [0, 0.1) is 23.1 Å². The highest BCUT2D eigenvalue weighted by atomic mass is 19.1. The van der Waals surface area contributed by atoms with Gasteiger partial charge in [0.2, 0.25) is 0 Å². The number of rotatable bonds is 4. The zero-order valence-corrected chi connectivity index (χ0v) is 20.4. The number of hydrogen-bond acceptors (Lipinski definition) is 6. The first-order valence-corrected chi connectivity index (χ1v) is 12.9. The van der Waals surface area contributed by atoms with Crippen LogP contribution in [0.1, 0.15) is 37.7 Å². The summed E-state index contributed by atoms with van der Waals surface area (Å²) in [6.45, 7) is 3.47. The van der Waals surface area contributed by atoms with E-state index in [1.807, 2.05) is 18.2 Å². The van der Waals surface area contributed by atoms with Crippen molar-refractivity contribution < 1.29 is 13.9 Å². The maximum absolute atomic E-state index is 13.4. The van der Waals surface area contributed by atoms with Gasteiger partial charge in [0, 0.05) is 38.2 Å². The molecule has 1 saturated heterocycles. The Morgan fingerprint density at radius 1 is 1.08 bits per heavy atom. The second-order valence-corrected chi connectivity index (χ2v) is 9.77. The van der Waals surface area contributed by atoms with Crippen molar-refractivity contribution in [2.75, 3.05) is 32.8 Å². The minimum absolute atomic E-state index is 0.0522. The van der Waals surface area contributed by atoms with E-state index >= 15 is 0 Å². The van der Waals surface area contributed by atoms with Crippen molar-refractivity contribution in [3.8, 4) is 17.2 Å². The molecular formula is C29H31FN4O2. The lowest BCUT2D eigenvalue weighted by Crippen LogP contribution is -2.47. The molecule has 2 heterocycles. The van der Waals surface area contributed by atoms with Gasteiger partial charge in [0.25, 0.3) is 0 Å². The van der Waals surface area contributed by atoms with Gasteiger partial charge in [-0.1, -0.05) is 43.5 Å². The lowest BCUT2D eigenvalue weighted by atomic mass is 9.90. The van der Waals surface area contributed by atoms with Crippen molar-refractivity contribution in [1.29, 1.82) is 5.26 Å². The summed E-state index contributed by atoms with van der Waals surface area (Å²) in [5.41, 5.74) is 4.29. The molecule has 0 atom stereocenters. The van der Waals surface area contributed by atoms with Crippen molar-refractivity contribution in [3.63, 3.8) is 0 Å². The summed E-state index contributed by atoms with van der Waals surface area (Å²) in [6, 6.07) is 14.5. The molecule has 3 aliphatic rings. The van der Waals surface area contributed by atoms with Gasteiger partial charge in [-0.3, -0.25) is 0 Å². The molecule has 0 unspecified atom stereocenters. The molecule has 5 rings (SSSR count). The molecule has 2 aromatic carbocycles. The third-order valence-electron chi connectivity index (χ3n) is 7.34. The first-order valence-electron chi connectivity index (χ1n) is 12.9. The van der Waals surface area contributed by atoms with Gasteiger partial charge in [-0.15, -0.1) is 0 Å². The van der Waals surface area contributed by atoms with Crippen LogP contribution in [-0.4, -0.2) is 49.5 Å². The highest BCUT2D eigenvalue weighted by Gasteiger charge is 2.30. The van der Waals surface area contributed by atoms with Crippen molar-refractivity contribution in [1.82, 2.24) is 10.2 Å². The summed E-state index contributed by atoms with van der Waals surface area (Å²) in [4.78, 5) is 20.2. The molecule has 2 aromatic rings. The van der Waals surface area contributed by atoms with Gasteiger partial charge in [0.1, 0.15) is 23.3 Å². The van der Waals surface area contributed by atoms with Crippen LogP contribution in [-0.2, 0) is 16.0 Å². The van der Waals surface area contributed by atoms with Crippen molar-refractivity contribution in [2.24, 2.45) is 10.9 Å². The fraction of sp³-hybridized carbons (Fsp3) is 0.414. The minimum atomic E-state index is -0.549. The Bertz CT molecular complexity index is 1220. The minimum Gasteiger partial charge on any atom is -0.461 e. The van der Waals surface area contributed by atoms with Crippen molar-refractivity contribution in [2.45, 2.75) is 38.5 Å². The zero-order valence-electron chi connectivity index (χ0n) is 20.4. The molecule has 186 valence electrons. The van der Waals surface area contributed by atoms with Gasteiger partial charge in [-0.2, -0.15) is 5.26 Å². The maximum atomic E-state index is 13.4. The highest BCUT2D eigenvalue weighted by molar-refractivity contribution is 6.10. The van der Waals surface area contributed by atoms with E-state index in [-0.39, 0.29) is 11.4 Å². The zero-order chi connectivity index (χ0) is 24.9. The average molecular weight is 487 g/mol. The van der Waals surface area contributed by atoms with Crippen LogP contribution in [0.3, 0.4) is 0 Å². The van der Waals surface area contributed by atoms with Crippen LogP contribution in [0.15, 0.2) is 58.6 Å². The lowest BCUT2D eigenvalue weighted by molar-refractivity contribution is -0.140. The molecule has 6 nitrogen and oxygen atoms in total. The van der Waals surface area contributed by atoms with Gasteiger partial charge in [0.15, 0.2) is 0 Å². The Morgan fingerprint density at radius 3 is 2.53 bits per heavy atom. The van der Waals surface area contributed by atoms with E-state index in [9.17, 15) is 14.4 Å². The number of carbonyl (C=O) groups excluding carboxylic acids is 1. The summed E-state index contributed by atoms with van der Waals surface area (Å²) in [5.74, 6) is 0.231. The standard InChI is InChI=1S/C29H31FN4O2/c30-24-10-8-21(9-11-24)22-6-7-23-16-25(28(33-27(23)17-22)34-14-12-32-13-15-34)26(18-31)29(35)36-19-20-4-2-1-3-5-20/h6-11,17,20,32H,1-5,12-16,19H2/b26-25+. The molecule has 0 spiro atoms. The van der Waals surface area contributed by atoms with Crippen LogP contribution in [0.25, 0.3) is 11.1 Å². The van der Waals surface area contributed by atoms with Gasteiger partial charge >= 0.3 is 5.97 Å². The molecule has 1 saturated carbocycles. The molecule has 0 radical (unpaired) electrons. The highest BCUT2D eigenvalue weighted by Crippen LogP contribution is 2.35. The van der Waals surface area contributed by atoms with Gasteiger partial charge in [-0.25, -0.2) is 14.2 Å². The molecule has 36 heavy (non-hydrogen) atoms. The van der Waals surface area contributed by atoms with E-state index in [1.54, 1.807) is 12.1 Å². The van der Waals surface area contributed by atoms with E-state index in [0.29, 0.717) is 30.4 Å². The number of esters is 1. The largest absolute Gasteiger partial charge is 0.461 e. The summed E-state index contributed by atoms with van der Waals surface area (Å²) < 4.78 is 19.1. The van der Waals surface area contributed by atoms with E-state index < -0.39 is 5.97 Å². The first-order chi connectivity index (χ1) is 17.6. The lowest BCUT2D eigenvalue weighted by Gasteiger charge is -2.34. The smallest absolute Gasteiger partial charge is 0.349 e. The molecule has 7 heteroatoms. The number of hydrogen-bond donors (Lipinski definition) is 1. The number of piperazine rings is 1. The number of nitrogens with zero attached hydrogens (tertiary/aromatic N) is 3. The van der Waals surface area contributed by atoms with Gasteiger partial charge < -0.3 is 15.0 Å². The summed E-state index contributed by atoms with van der Waals surface area (Å²) in [6.07, 6.45) is 6.16. The Labute approximate surface area is 211 Å². The molecular weight excluding hydrogens is 455 g/mol. The Kier molecular flexibility index (Phi) is 7.43. The summed E-state index contributed by atoms with van der Waals surface area (Å²) in [5, 5.41) is 13.4. The molecule has 1 aliphatic carbocycles. The monoisotopic (exact) mass is 486 g/mol. The number of ether oxygens (including phenoxy) is 1. The Balaban J connectivity index is 1.48. The maximum Gasteiger partial charge on any atom is 0.349 e. The first kappa shape index (κ1) is 24.2. The van der Waals surface area contributed by atoms with Crippen LogP contribution < -0.4 is 5.32 Å². The van der Waals surface area contributed by atoms with Crippen LogP contribution in [0.5, 0.6) is 0 Å². The fourth-order valence-corrected chi connectivity index (χ4v) is 5.28. The SMILES string of the molecule is N#C/C(C(=O)OCC1CCCCC1)=C1/Cc2ccc(-c3ccc(F)cc3)cc2N=C1N1CCNCC1. The normalized spacial score (nSPS) is 19.7. The predicted octanol–water partition coefficient (Wildman–Crippen LogP) is 4.93. The third-order valence-corrected chi connectivity index (χ3v) is 7.34. The molecule has 0 aromatic heterocycles. The van der Waals surface area contributed by atoms with E-state index in [4.69, 9.17) is 9.73 Å². The van der Waals surface area contributed by atoms with Crippen molar-refractivity contribution >= 4 is 17.5 Å². The number of halogens is 1. The number of amidine groups is 1. The van der Waals surface area contributed by atoms with E-state index in [0.717, 1.165) is 61.4 Å². The topological polar surface area (TPSA) is 77.7 Å². The predicted molar refractivity (Wildman–Crippen MR) is 137 cm³/mol. The van der Waals surface area contributed by atoms with Crippen LogP contribution >= 0.6 is 0 Å². The number of nitrogens with one attached hydrogen (secondary N) is 1. The number of nitriles is 1. The molecule has 0 amide bonds. The van der Waals surface area contributed by atoms with Gasteiger partial charge in [0.05, 0.1) is 12.3 Å². The quantitative estimate of drug-likeness (QED) is 0.377. The number of carbonyl (C=O) groups is 1.